The van der Waals surface area contributed by atoms with Crippen LogP contribution >= 0.6 is 0 Å². The van der Waals surface area contributed by atoms with Gasteiger partial charge in [0.15, 0.2) is 0 Å². The molecule has 1 heteroatoms. The summed E-state index contributed by atoms with van der Waals surface area (Å²) in [7, 11) is 0. The Hall–Kier alpha value is -1.63. The Morgan fingerprint density at radius 1 is 0.909 bits per heavy atom. The van der Waals surface area contributed by atoms with Crippen LogP contribution in [0.1, 0.15) is 114 Å². The first-order chi connectivity index (χ1) is 16.2. The SMILES string of the molecule is C/C=C/CCc1ccc2cc([C@@H]3CC[C@@H]4CC(CCCCCCC)CCC4C3)ccc2c1F. The maximum atomic E-state index is 15.1. The van der Waals surface area contributed by atoms with Crippen molar-refractivity contribution in [3.63, 3.8) is 0 Å². The number of rotatable bonds is 10. The minimum Gasteiger partial charge on any atom is -0.206 e. The van der Waals surface area contributed by atoms with Gasteiger partial charge < -0.3 is 0 Å². The van der Waals surface area contributed by atoms with E-state index in [1.807, 2.05) is 19.1 Å². The van der Waals surface area contributed by atoms with Gasteiger partial charge in [-0.3, -0.25) is 0 Å². The third kappa shape index (κ3) is 6.28. The zero-order valence-corrected chi connectivity index (χ0v) is 21.1. The lowest BCUT2D eigenvalue weighted by Gasteiger charge is -2.42. The summed E-state index contributed by atoms with van der Waals surface area (Å²) in [6.45, 7) is 4.32. The third-order valence-electron chi connectivity index (χ3n) is 8.78. The fourth-order valence-electron chi connectivity index (χ4n) is 6.80. The van der Waals surface area contributed by atoms with E-state index in [4.69, 9.17) is 0 Å². The molecule has 0 nitrogen and oxygen atoms in total. The zero-order chi connectivity index (χ0) is 23.0. The van der Waals surface area contributed by atoms with Crippen molar-refractivity contribution in [2.75, 3.05) is 0 Å². The standard InChI is InChI=1S/C32H45F/c1-3-5-7-8-10-11-24-13-14-27-22-28(17-16-26(27)21-24)29-19-20-31-30(23-29)18-15-25(32(31)33)12-9-6-4-2/h4,6,15,18-20,23-24,26-28H,3,5,7-14,16-17,21-22H2,1-2H3/b6-4+/t24?,26-,27?,28-/m1/s1. The molecular formula is C32H45F. The number of aryl methyl sites for hydroxylation is 1. The van der Waals surface area contributed by atoms with Gasteiger partial charge in [0.05, 0.1) is 0 Å². The van der Waals surface area contributed by atoms with E-state index in [0.29, 0.717) is 5.92 Å². The van der Waals surface area contributed by atoms with Crippen LogP contribution in [0.25, 0.3) is 10.8 Å². The van der Waals surface area contributed by atoms with E-state index < -0.39 is 0 Å². The predicted octanol–water partition coefficient (Wildman–Crippen LogP) is 10.1. The van der Waals surface area contributed by atoms with Gasteiger partial charge in [-0.15, -0.1) is 0 Å². The summed E-state index contributed by atoms with van der Waals surface area (Å²) in [5.74, 6) is 3.53. The molecular weight excluding hydrogens is 403 g/mol. The first-order valence-electron chi connectivity index (χ1n) is 14.0. The van der Waals surface area contributed by atoms with Gasteiger partial charge in [0, 0.05) is 5.39 Å². The van der Waals surface area contributed by atoms with Gasteiger partial charge in [0.1, 0.15) is 5.82 Å². The Morgan fingerprint density at radius 2 is 1.73 bits per heavy atom. The summed E-state index contributed by atoms with van der Waals surface area (Å²) in [4.78, 5) is 0. The van der Waals surface area contributed by atoms with Crippen LogP contribution in [0.4, 0.5) is 4.39 Å². The number of halogens is 1. The quantitative estimate of drug-likeness (QED) is 0.250. The Kier molecular flexibility index (Phi) is 9.04. The second-order valence-corrected chi connectivity index (χ2v) is 11.0. The molecule has 2 saturated carbocycles. The van der Waals surface area contributed by atoms with E-state index in [9.17, 15) is 0 Å². The lowest BCUT2D eigenvalue weighted by Crippen LogP contribution is -2.30. The molecule has 0 saturated heterocycles. The number of benzene rings is 2. The number of allylic oxidation sites excluding steroid dienone is 2. The van der Waals surface area contributed by atoms with Crippen molar-refractivity contribution in [3.05, 3.63) is 59.4 Å². The van der Waals surface area contributed by atoms with Crippen LogP contribution in [0.15, 0.2) is 42.5 Å². The average Bonchev–Trinajstić information content (AvgIpc) is 2.85. The molecule has 2 aliphatic rings. The first kappa shape index (κ1) is 24.5. The fraction of sp³-hybridized carbons (Fsp3) is 0.625. The summed E-state index contributed by atoms with van der Waals surface area (Å²) < 4.78 is 15.1. The minimum absolute atomic E-state index is 0.0136. The van der Waals surface area contributed by atoms with Crippen molar-refractivity contribution in [1.29, 1.82) is 0 Å². The number of hydrogen-bond acceptors (Lipinski definition) is 0. The van der Waals surface area contributed by atoms with Gasteiger partial charge >= 0.3 is 0 Å². The molecule has 4 atom stereocenters. The van der Waals surface area contributed by atoms with Gasteiger partial charge in [-0.2, -0.15) is 0 Å². The van der Waals surface area contributed by atoms with Crippen molar-refractivity contribution >= 4 is 10.8 Å². The van der Waals surface area contributed by atoms with Gasteiger partial charge in [0.25, 0.3) is 0 Å². The molecule has 2 aromatic rings. The predicted molar refractivity (Wildman–Crippen MR) is 141 cm³/mol. The average molecular weight is 449 g/mol. The van der Waals surface area contributed by atoms with Crippen LogP contribution in [-0.2, 0) is 6.42 Å². The first-order valence-corrected chi connectivity index (χ1v) is 14.0. The van der Waals surface area contributed by atoms with Crippen LogP contribution in [-0.4, -0.2) is 0 Å². The van der Waals surface area contributed by atoms with E-state index >= 15 is 4.39 Å². The Bertz CT molecular complexity index is 910. The van der Waals surface area contributed by atoms with E-state index in [2.05, 4.69) is 37.3 Å². The van der Waals surface area contributed by atoms with Crippen LogP contribution in [0.2, 0.25) is 0 Å². The Balaban J connectivity index is 1.33. The summed E-state index contributed by atoms with van der Waals surface area (Å²) >= 11 is 0. The van der Waals surface area contributed by atoms with Gasteiger partial charge in [-0.25, -0.2) is 4.39 Å². The number of fused-ring (bicyclic) bond motifs is 2. The molecule has 180 valence electrons. The summed E-state index contributed by atoms with van der Waals surface area (Å²) in [5.41, 5.74) is 2.29. The molecule has 4 rings (SSSR count). The molecule has 2 fully saturated rings. The highest BCUT2D eigenvalue weighted by molar-refractivity contribution is 5.84. The molecule has 0 aromatic heterocycles. The maximum Gasteiger partial charge on any atom is 0.134 e. The topological polar surface area (TPSA) is 0 Å². The van der Waals surface area contributed by atoms with Gasteiger partial charge in [-0.1, -0.05) is 94.4 Å². The monoisotopic (exact) mass is 448 g/mol. The van der Waals surface area contributed by atoms with Crippen LogP contribution < -0.4 is 0 Å². The van der Waals surface area contributed by atoms with Crippen LogP contribution in [0, 0.1) is 23.6 Å². The van der Waals surface area contributed by atoms with Crippen molar-refractivity contribution in [2.45, 2.75) is 110 Å². The highest BCUT2D eigenvalue weighted by Gasteiger charge is 2.35. The summed E-state index contributed by atoms with van der Waals surface area (Å²) in [6.07, 6.45) is 22.9. The van der Waals surface area contributed by atoms with Crippen molar-refractivity contribution in [3.8, 4) is 0 Å². The maximum absolute atomic E-state index is 15.1. The van der Waals surface area contributed by atoms with Crippen molar-refractivity contribution in [1.82, 2.24) is 0 Å². The lowest BCUT2D eigenvalue weighted by atomic mass is 9.63. The Morgan fingerprint density at radius 3 is 2.58 bits per heavy atom. The zero-order valence-electron chi connectivity index (χ0n) is 21.1. The second kappa shape index (κ2) is 12.2. The Labute approximate surface area is 202 Å². The van der Waals surface area contributed by atoms with Gasteiger partial charge in [0.2, 0.25) is 0 Å². The molecule has 0 bridgehead atoms. The van der Waals surface area contributed by atoms with Crippen molar-refractivity contribution < 1.29 is 4.39 Å². The molecule has 33 heavy (non-hydrogen) atoms. The molecule has 2 aliphatic carbocycles. The van der Waals surface area contributed by atoms with E-state index in [1.54, 1.807) is 0 Å². The van der Waals surface area contributed by atoms with Gasteiger partial charge in [-0.05, 0) is 92.1 Å². The van der Waals surface area contributed by atoms with Crippen LogP contribution in [0.5, 0.6) is 0 Å². The highest BCUT2D eigenvalue weighted by atomic mass is 19.1. The largest absolute Gasteiger partial charge is 0.206 e. The third-order valence-corrected chi connectivity index (χ3v) is 8.78. The molecule has 0 radical (unpaired) electrons. The minimum atomic E-state index is -0.0136. The normalized spacial score (nSPS) is 25.5. The summed E-state index contributed by atoms with van der Waals surface area (Å²) in [6, 6.07) is 10.7. The molecule has 0 N–H and O–H groups in total. The van der Waals surface area contributed by atoms with Crippen LogP contribution in [0.3, 0.4) is 0 Å². The number of unbranched alkanes of at least 4 members (excludes halogenated alkanes) is 4. The van der Waals surface area contributed by atoms with E-state index in [1.165, 1.54) is 82.6 Å². The lowest BCUT2D eigenvalue weighted by molar-refractivity contribution is 0.113. The summed E-state index contributed by atoms with van der Waals surface area (Å²) in [5, 5.41) is 1.87. The van der Waals surface area contributed by atoms with E-state index in [0.717, 1.165) is 46.9 Å². The second-order valence-electron chi connectivity index (χ2n) is 11.0. The molecule has 0 amide bonds. The van der Waals surface area contributed by atoms with Crippen molar-refractivity contribution in [2.24, 2.45) is 17.8 Å². The smallest absolute Gasteiger partial charge is 0.134 e. The van der Waals surface area contributed by atoms with E-state index in [-0.39, 0.29) is 5.82 Å². The highest BCUT2D eigenvalue weighted by Crippen LogP contribution is 2.48. The number of hydrogen-bond donors (Lipinski definition) is 0. The molecule has 0 spiro atoms. The molecule has 2 unspecified atom stereocenters. The molecule has 2 aromatic carbocycles. The fourth-order valence-corrected chi connectivity index (χ4v) is 6.80. The molecule has 0 heterocycles. The molecule has 0 aliphatic heterocycles.